The maximum atomic E-state index is 12.6. The zero-order valence-corrected chi connectivity index (χ0v) is 28.2. The topological polar surface area (TPSA) is 397 Å². The zero-order valence-electron chi connectivity index (χ0n) is 28.2. The average Bonchev–Trinajstić information content (AvgIpc) is 3.35. The summed E-state index contributed by atoms with van der Waals surface area (Å²) >= 11 is 0. The molecule has 2 saturated heterocycles. The van der Waals surface area contributed by atoms with Gasteiger partial charge in [0.2, 0.25) is 5.79 Å². The van der Waals surface area contributed by atoms with E-state index in [1.54, 1.807) is 0 Å². The molecule has 0 aliphatic carbocycles. The van der Waals surface area contributed by atoms with E-state index in [2.05, 4.69) is 9.47 Å². The quantitative estimate of drug-likeness (QED) is 0.0300. The molecule has 0 spiro atoms. The number of hydrogen-bond acceptors (Lipinski definition) is 22. The molecule has 24 nitrogen and oxygen atoms in total. The monoisotopic (exact) mass is 842 g/mol. The van der Waals surface area contributed by atoms with Gasteiger partial charge < -0.3 is 84.6 Å². The molecule has 2 heterocycles. The third kappa shape index (κ3) is 13.2. The molecular formula is C31H40Na2O24. The summed E-state index contributed by atoms with van der Waals surface area (Å²) in [5.74, 6) is -15.2. The summed E-state index contributed by atoms with van der Waals surface area (Å²) in [5, 5.41) is 110. The van der Waals surface area contributed by atoms with E-state index >= 15 is 0 Å². The molecule has 2 aliphatic rings. The van der Waals surface area contributed by atoms with Crippen LogP contribution >= 0.6 is 0 Å². The Hall–Kier alpha value is -2.57. The van der Waals surface area contributed by atoms with E-state index < -0.39 is 153 Å². The van der Waals surface area contributed by atoms with E-state index in [1.807, 2.05) is 0 Å². The minimum atomic E-state index is -3.39. The fourth-order valence-corrected chi connectivity index (χ4v) is 5.20. The standard InChI is InChI=1S/C31H38O24.2Na.2H/c32-10-14-21(39)24(42)31(12-33,54-14)55-26-23(41)22(40)20(38)15(51-26)11-50-16(34)6-29(48,27(44)45)7-17(35)52-18(36)8-30(49,28(46)47)9-19(37)53-25(43)13-4-2-1-3-5-13;;;;/h1-5,14-15,20-24,26,32-33,38-42,48-49H,6-12H2,(H,44,45)(H,46,47);;;;/t14-,15-,20-,21-,22+,23-,24+,26-,29?,30?,31+;;;;/m1..../s1. The molecule has 0 bridgehead atoms. The Morgan fingerprint density at radius 1 is 0.667 bits per heavy atom. The third-order valence-electron chi connectivity index (χ3n) is 8.29. The van der Waals surface area contributed by atoms with Crippen molar-refractivity contribution >= 4 is 101 Å². The fourth-order valence-electron chi connectivity index (χ4n) is 5.20. The number of carbonyl (C=O) groups is 7. The van der Waals surface area contributed by atoms with Crippen molar-refractivity contribution in [2.75, 3.05) is 19.8 Å². The Labute approximate surface area is 364 Å². The van der Waals surface area contributed by atoms with Gasteiger partial charge >= 0.3 is 101 Å². The predicted octanol–water partition coefficient (Wildman–Crippen LogP) is -7.50. The van der Waals surface area contributed by atoms with E-state index in [9.17, 15) is 89.7 Å². The Kier molecular flexibility index (Phi) is 20.4. The van der Waals surface area contributed by atoms with Crippen LogP contribution in [0.5, 0.6) is 0 Å². The number of aliphatic hydroxyl groups is 9. The van der Waals surface area contributed by atoms with Crippen molar-refractivity contribution in [3.05, 3.63) is 35.9 Å². The van der Waals surface area contributed by atoms with Gasteiger partial charge in [-0.15, -0.1) is 0 Å². The first-order valence-electron chi connectivity index (χ1n) is 15.9. The minimum absolute atomic E-state index is 0. The zero-order chi connectivity index (χ0) is 41.5. The summed E-state index contributed by atoms with van der Waals surface area (Å²) in [7, 11) is 0. The predicted molar refractivity (Wildman–Crippen MR) is 178 cm³/mol. The van der Waals surface area contributed by atoms with Crippen LogP contribution in [0.1, 0.15) is 36.0 Å². The molecule has 3 rings (SSSR count). The Morgan fingerprint density at radius 3 is 1.61 bits per heavy atom. The maximum absolute atomic E-state index is 12.6. The van der Waals surface area contributed by atoms with Crippen LogP contribution in [0.15, 0.2) is 30.3 Å². The van der Waals surface area contributed by atoms with Gasteiger partial charge in [0.15, 0.2) is 17.5 Å². The first-order chi connectivity index (χ1) is 25.6. The number of aliphatic hydroxyl groups excluding tert-OH is 7. The SMILES string of the molecule is O=C(CC(O)(CC(=O)OC(=O)CC(O)(CC(=O)OC(=O)c1ccccc1)C(=O)O)C(=O)O)OC[C@H]1O[C@H](O[C@]2(CO)O[C@H](CO)[C@@H](O)[C@@H]2O)[C@H](O)[C@@H](O)[C@@H]1O.[NaH].[NaH]. The number of ether oxygens (including phenoxy) is 6. The summed E-state index contributed by atoms with van der Waals surface area (Å²) in [4.78, 5) is 85.0. The van der Waals surface area contributed by atoms with Crippen molar-refractivity contribution in [1.29, 1.82) is 0 Å². The van der Waals surface area contributed by atoms with Crippen LogP contribution in [0.2, 0.25) is 0 Å². The Bertz CT molecular complexity index is 1600. The summed E-state index contributed by atoms with van der Waals surface area (Å²) in [6.07, 6.45) is -22.0. The van der Waals surface area contributed by atoms with Gasteiger partial charge in [0.05, 0.1) is 37.9 Å². The normalized spacial score (nSPS) is 28.9. The number of benzene rings is 1. The van der Waals surface area contributed by atoms with Gasteiger partial charge in [-0.1, -0.05) is 18.2 Å². The van der Waals surface area contributed by atoms with E-state index in [4.69, 9.17) is 18.9 Å². The van der Waals surface area contributed by atoms with Crippen LogP contribution in [0.25, 0.3) is 0 Å². The van der Waals surface area contributed by atoms with Gasteiger partial charge in [0.25, 0.3) is 0 Å². The molecule has 57 heavy (non-hydrogen) atoms. The van der Waals surface area contributed by atoms with E-state index in [0.717, 1.165) is 0 Å². The third-order valence-corrected chi connectivity index (χ3v) is 8.29. The molecule has 0 aromatic heterocycles. The Morgan fingerprint density at radius 2 is 1.16 bits per heavy atom. The number of hydrogen-bond donors (Lipinski definition) is 11. The van der Waals surface area contributed by atoms with Crippen LogP contribution < -0.4 is 0 Å². The second kappa shape index (κ2) is 22.2. The molecule has 26 heteroatoms. The molecule has 310 valence electrons. The van der Waals surface area contributed by atoms with Crippen molar-refractivity contribution in [1.82, 2.24) is 0 Å². The van der Waals surface area contributed by atoms with Gasteiger partial charge in [0.1, 0.15) is 55.9 Å². The number of carboxylic acids is 2. The molecule has 11 atom stereocenters. The molecule has 0 amide bonds. The van der Waals surface area contributed by atoms with Gasteiger partial charge in [-0.25, -0.2) is 14.4 Å². The molecule has 2 unspecified atom stereocenters. The van der Waals surface area contributed by atoms with Crippen LogP contribution in [0.4, 0.5) is 0 Å². The van der Waals surface area contributed by atoms with Crippen molar-refractivity contribution in [2.24, 2.45) is 0 Å². The molecular weight excluding hydrogens is 802 g/mol. The van der Waals surface area contributed by atoms with E-state index in [-0.39, 0.29) is 64.7 Å². The second-order valence-corrected chi connectivity index (χ2v) is 12.4. The van der Waals surface area contributed by atoms with Crippen LogP contribution in [0.3, 0.4) is 0 Å². The summed E-state index contributed by atoms with van der Waals surface area (Å²) in [6, 6.07) is 6.85. The molecule has 0 radical (unpaired) electrons. The van der Waals surface area contributed by atoms with Gasteiger partial charge in [0, 0.05) is 0 Å². The summed E-state index contributed by atoms with van der Waals surface area (Å²) in [6.45, 7) is -3.16. The van der Waals surface area contributed by atoms with Crippen molar-refractivity contribution in [3.63, 3.8) is 0 Å². The number of rotatable bonds is 17. The van der Waals surface area contributed by atoms with Crippen molar-refractivity contribution in [3.8, 4) is 0 Å². The second-order valence-electron chi connectivity index (χ2n) is 12.4. The number of carboxylic acid groups (broad SMARTS) is 2. The van der Waals surface area contributed by atoms with Gasteiger partial charge in [-0.05, 0) is 12.1 Å². The van der Waals surface area contributed by atoms with Gasteiger partial charge in [-0.3, -0.25) is 19.2 Å². The van der Waals surface area contributed by atoms with E-state index in [1.165, 1.54) is 30.3 Å². The summed E-state index contributed by atoms with van der Waals surface area (Å²) in [5.41, 5.74) is -6.83. The number of esters is 5. The average molecular weight is 843 g/mol. The van der Waals surface area contributed by atoms with Crippen LogP contribution in [-0.2, 0) is 57.2 Å². The van der Waals surface area contributed by atoms with Crippen LogP contribution in [0, 0.1) is 0 Å². The van der Waals surface area contributed by atoms with Crippen molar-refractivity contribution in [2.45, 2.75) is 91.7 Å². The number of aliphatic carboxylic acids is 2. The van der Waals surface area contributed by atoms with E-state index in [0.29, 0.717) is 0 Å². The molecule has 2 fully saturated rings. The number of carbonyl (C=O) groups excluding carboxylic acids is 5. The molecule has 0 saturated carbocycles. The molecule has 1 aromatic carbocycles. The fraction of sp³-hybridized carbons (Fsp3) is 0.581. The molecule has 2 aliphatic heterocycles. The van der Waals surface area contributed by atoms with Crippen LogP contribution in [-0.4, -0.2) is 243 Å². The first-order valence-corrected chi connectivity index (χ1v) is 15.9. The Balaban J connectivity index is 0.00000812. The molecule has 11 N–H and O–H groups in total. The van der Waals surface area contributed by atoms with Crippen molar-refractivity contribution < 1.29 is 118 Å². The van der Waals surface area contributed by atoms with Gasteiger partial charge in [-0.2, -0.15) is 0 Å². The first kappa shape index (κ1) is 52.4. The molecule has 1 aromatic rings. The summed E-state index contributed by atoms with van der Waals surface area (Å²) < 4.78 is 29.3.